The largest absolute Gasteiger partial charge is 0.321 e. The molecule has 162 valence electrons. The molecule has 0 atom stereocenters. The number of aryl methyl sites for hydroxylation is 1. The molecular weight excluding hydrogens is 418 g/mol. The second-order valence-corrected chi connectivity index (χ2v) is 9.67. The van der Waals surface area contributed by atoms with Crippen LogP contribution in [0.25, 0.3) is 11.4 Å². The minimum Gasteiger partial charge on any atom is -0.321 e. The van der Waals surface area contributed by atoms with Crippen LogP contribution in [0.1, 0.15) is 19.8 Å². The van der Waals surface area contributed by atoms with Gasteiger partial charge in [-0.3, -0.25) is 9.36 Å². The van der Waals surface area contributed by atoms with Crippen molar-refractivity contribution < 1.29 is 8.42 Å². The smallest absolute Gasteiger partial charge is 0.227 e. The van der Waals surface area contributed by atoms with Crippen LogP contribution < -0.4 is 5.32 Å². The van der Waals surface area contributed by atoms with E-state index in [1.54, 1.807) is 40.1 Å². The monoisotopic (exact) mass is 441 g/mol. The SMILES string of the molecule is CCCS(=O)(=O)N1CC(CC#N)(n2ccc(-c3ccnc(Nc4cnn(C)c4)n3)n2)C1. The maximum atomic E-state index is 12.3. The van der Waals surface area contributed by atoms with Crippen LogP contribution in [0.4, 0.5) is 11.6 Å². The Labute approximate surface area is 180 Å². The summed E-state index contributed by atoms with van der Waals surface area (Å²) in [5, 5.41) is 21.1. The molecule has 11 nitrogen and oxygen atoms in total. The average molecular weight is 442 g/mol. The van der Waals surface area contributed by atoms with Crippen molar-refractivity contribution in [2.24, 2.45) is 7.05 Å². The summed E-state index contributed by atoms with van der Waals surface area (Å²) < 4.78 is 29.5. The standard InChI is InChI=1S/C19H23N9O2S/c1-3-10-31(29,30)27-13-19(14-27,6-7-20)28-9-5-17(25-28)16-4-8-21-18(24-16)23-15-11-22-26(2)12-15/h4-5,8-9,11-12H,3,6,10,13-14H2,1-2H3,(H,21,23,24). The molecule has 31 heavy (non-hydrogen) atoms. The van der Waals surface area contributed by atoms with E-state index in [4.69, 9.17) is 0 Å². The average Bonchev–Trinajstić information content (AvgIpc) is 3.34. The van der Waals surface area contributed by atoms with Gasteiger partial charge in [-0.1, -0.05) is 6.92 Å². The summed E-state index contributed by atoms with van der Waals surface area (Å²) in [7, 11) is -1.48. The third-order valence-electron chi connectivity index (χ3n) is 5.16. The lowest BCUT2D eigenvalue weighted by Gasteiger charge is -2.47. The van der Waals surface area contributed by atoms with Crippen molar-refractivity contribution in [1.29, 1.82) is 5.26 Å². The molecule has 1 aliphatic heterocycles. The Morgan fingerprint density at radius 2 is 2.10 bits per heavy atom. The first kappa shape index (κ1) is 21.0. The first-order chi connectivity index (χ1) is 14.8. The van der Waals surface area contributed by atoms with Gasteiger partial charge in [-0.05, 0) is 18.6 Å². The zero-order chi connectivity index (χ0) is 22.1. The number of rotatable bonds is 8. The van der Waals surface area contributed by atoms with E-state index in [0.717, 1.165) is 5.69 Å². The molecule has 1 saturated heterocycles. The van der Waals surface area contributed by atoms with E-state index >= 15 is 0 Å². The van der Waals surface area contributed by atoms with Crippen molar-refractivity contribution in [3.63, 3.8) is 0 Å². The number of hydrogen-bond acceptors (Lipinski definition) is 8. The van der Waals surface area contributed by atoms with E-state index in [2.05, 4.69) is 31.6 Å². The van der Waals surface area contributed by atoms with Crippen LogP contribution >= 0.6 is 0 Å². The van der Waals surface area contributed by atoms with Crippen molar-refractivity contribution >= 4 is 21.7 Å². The fourth-order valence-corrected chi connectivity index (χ4v) is 5.23. The predicted octanol–water partition coefficient (Wildman–Crippen LogP) is 1.48. The van der Waals surface area contributed by atoms with Gasteiger partial charge in [-0.2, -0.15) is 19.8 Å². The van der Waals surface area contributed by atoms with Gasteiger partial charge in [-0.15, -0.1) is 0 Å². The molecule has 0 amide bonds. The molecule has 0 radical (unpaired) electrons. The lowest BCUT2D eigenvalue weighted by Crippen LogP contribution is -2.64. The first-order valence-corrected chi connectivity index (χ1v) is 11.5. The van der Waals surface area contributed by atoms with Crippen molar-refractivity contribution in [2.45, 2.75) is 25.3 Å². The third-order valence-corrected chi connectivity index (χ3v) is 7.13. The fourth-order valence-electron chi connectivity index (χ4n) is 3.58. The molecule has 1 aliphatic rings. The highest BCUT2D eigenvalue weighted by molar-refractivity contribution is 7.89. The highest BCUT2D eigenvalue weighted by Crippen LogP contribution is 2.35. The maximum Gasteiger partial charge on any atom is 0.227 e. The van der Waals surface area contributed by atoms with E-state index in [9.17, 15) is 13.7 Å². The number of anilines is 2. The van der Waals surface area contributed by atoms with Crippen molar-refractivity contribution in [1.82, 2.24) is 33.8 Å². The van der Waals surface area contributed by atoms with Crippen LogP contribution in [0.15, 0.2) is 36.9 Å². The summed E-state index contributed by atoms with van der Waals surface area (Å²) in [6.07, 6.45) is 7.61. The molecular formula is C19H23N9O2S. The van der Waals surface area contributed by atoms with Gasteiger partial charge in [0.2, 0.25) is 16.0 Å². The zero-order valence-corrected chi connectivity index (χ0v) is 18.1. The lowest BCUT2D eigenvalue weighted by molar-refractivity contribution is 0.0719. The molecule has 0 saturated carbocycles. The molecule has 1 fully saturated rings. The molecule has 0 aliphatic carbocycles. The van der Waals surface area contributed by atoms with E-state index in [1.165, 1.54) is 4.31 Å². The summed E-state index contributed by atoms with van der Waals surface area (Å²) in [5.41, 5.74) is 1.32. The molecule has 3 aromatic rings. The maximum absolute atomic E-state index is 12.3. The molecule has 0 bridgehead atoms. The van der Waals surface area contributed by atoms with Gasteiger partial charge in [0.05, 0.1) is 35.8 Å². The van der Waals surface area contributed by atoms with Crippen molar-refractivity contribution in [3.8, 4) is 17.5 Å². The Hall–Kier alpha value is -3.30. The van der Waals surface area contributed by atoms with Gasteiger partial charge in [0.1, 0.15) is 11.2 Å². The molecule has 0 aromatic carbocycles. The van der Waals surface area contributed by atoms with Crippen LogP contribution in [-0.4, -0.2) is 61.1 Å². The minimum absolute atomic E-state index is 0.105. The summed E-state index contributed by atoms with van der Waals surface area (Å²) in [4.78, 5) is 8.73. The normalized spacial score (nSPS) is 15.9. The Kier molecular flexibility index (Phi) is 5.47. The van der Waals surface area contributed by atoms with Crippen molar-refractivity contribution in [2.75, 3.05) is 24.2 Å². The van der Waals surface area contributed by atoms with E-state index in [0.29, 0.717) is 23.8 Å². The van der Waals surface area contributed by atoms with Crippen LogP contribution in [0.2, 0.25) is 0 Å². The topological polar surface area (TPSA) is 135 Å². The molecule has 4 rings (SSSR count). The Morgan fingerprint density at radius 3 is 2.77 bits per heavy atom. The van der Waals surface area contributed by atoms with Gasteiger partial charge in [0.15, 0.2) is 0 Å². The molecule has 1 N–H and O–H groups in total. The fraction of sp³-hybridized carbons (Fsp3) is 0.421. The number of hydrogen-bond donors (Lipinski definition) is 1. The van der Waals surface area contributed by atoms with E-state index in [1.807, 2.05) is 20.2 Å². The quantitative estimate of drug-likeness (QED) is 0.555. The third kappa shape index (κ3) is 4.14. The Bertz CT molecular complexity index is 1220. The van der Waals surface area contributed by atoms with Crippen LogP contribution in [0.5, 0.6) is 0 Å². The molecule has 12 heteroatoms. The number of nitrogens with one attached hydrogen (secondary N) is 1. The summed E-state index contributed by atoms with van der Waals surface area (Å²) >= 11 is 0. The van der Waals surface area contributed by atoms with Gasteiger partial charge >= 0.3 is 0 Å². The van der Waals surface area contributed by atoms with E-state index < -0.39 is 15.6 Å². The minimum atomic E-state index is -3.30. The predicted molar refractivity (Wildman–Crippen MR) is 114 cm³/mol. The molecule has 3 aromatic heterocycles. The zero-order valence-electron chi connectivity index (χ0n) is 17.3. The molecule has 0 unspecified atom stereocenters. The van der Waals surface area contributed by atoms with Crippen LogP contribution in [0, 0.1) is 11.3 Å². The second-order valence-electron chi connectivity index (χ2n) is 7.58. The van der Waals surface area contributed by atoms with Gasteiger partial charge in [0.25, 0.3) is 0 Å². The first-order valence-electron chi connectivity index (χ1n) is 9.85. The summed E-state index contributed by atoms with van der Waals surface area (Å²) in [6.45, 7) is 2.31. The lowest BCUT2D eigenvalue weighted by atomic mass is 9.89. The number of aromatic nitrogens is 6. The van der Waals surface area contributed by atoms with Crippen molar-refractivity contribution in [3.05, 3.63) is 36.9 Å². The Balaban J connectivity index is 1.55. The van der Waals surface area contributed by atoms with Crippen LogP contribution in [0.3, 0.4) is 0 Å². The highest BCUT2D eigenvalue weighted by atomic mass is 32.2. The summed E-state index contributed by atoms with van der Waals surface area (Å²) in [5.74, 6) is 0.514. The number of nitrogens with zero attached hydrogens (tertiary/aromatic N) is 8. The van der Waals surface area contributed by atoms with E-state index in [-0.39, 0.29) is 25.3 Å². The summed E-state index contributed by atoms with van der Waals surface area (Å²) in [6, 6.07) is 5.73. The van der Waals surface area contributed by atoms with Gasteiger partial charge < -0.3 is 5.32 Å². The highest BCUT2D eigenvalue weighted by Gasteiger charge is 2.49. The van der Waals surface area contributed by atoms with Gasteiger partial charge in [0, 0.05) is 38.7 Å². The van der Waals surface area contributed by atoms with Gasteiger partial charge in [-0.25, -0.2) is 18.4 Å². The second kappa shape index (κ2) is 8.09. The number of nitriles is 1. The Morgan fingerprint density at radius 1 is 1.29 bits per heavy atom. The van der Waals surface area contributed by atoms with Crippen LogP contribution in [-0.2, 0) is 22.6 Å². The molecule has 4 heterocycles. The molecule has 0 spiro atoms. The number of sulfonamides is 1.